The normalized spacial score (nSPS) is 15.7. The number of fused-ring (bicyclic) bond motifs is 2. The van der Waals surface area contributed by atoms with Gasteiger partial charge in [0.15, 0.2) is 5.43 Å². The molecule has 0 saturated heterocycles. The van der Waals surface area contributed by atoms with E-state index in [0.717, 1.165) is 10.0 Å². The predicted octanol–water partition coefficient (Wildman–Crippen LogP) is 5.96. The number of halogens is 2. The first kappa shape index (κ1) is 18.2. The van der Waals surface area contributed by atoms with Crippen LogP contribution in [0.1, 0.15) is 27.7 Å². The molecule has 4 aromatic rings. The second kappa shape index (κ2) is 6.87. The van der Waals surface area contributed by atoms with Crippen LogP contribution in [0.2, 0.25) is 5.02 Å². The topological polar surface area (TPSA) is 50.5 Å². The molecule has 1 aliphatic heterocycles. The van der Waals surface area contributed by atoms with Crippen molar-refractivity contribution in [2.45, 2.75) is 6.04 Å². The van der Waals surface area contributed by atoms with E-state index in [4.69, 9.17) is 16.0 Å². The van der Waals surface area contributed by atoms with Gasteiger partial charge >= 0.3 is 0 Å². The average molecular weight is 467 g/mol. The molecule has 4 nitrogen and oxygen atoms in total. The first-order chi connectivity index (χ1) is 14.0. The van der Waals surface area contributed by atoms with Crippen molar-refractivity contribution in [1.82, 2.24) is 0 Å². The number of nitrogens with zero attached hydrogens (tertiary/aromatic N) is 1. The van der Waals surface area contributed by atoms with Gasteiger partial charge < -0.3 is 4.42 Å². The molecule has 0 aliphatic carbocycles. The molecule has 0 bridgehead atoms. The monoisotopic (exact) mass is 465 g/mol. The van der Waals surface area contributed by atoms with Crippen molar-refractivity contribution in [3.8, 4) is 0 Å². The maximum Gasteiger partial charge on any atom is 0.295 e. The summed E-state index contributed by atoms with van der Waals surface area (Å²) in [6.45, 7) is 0. The number of amides is 1. The Morgan fingerprint density at radius 2 is 1.72 bits per heavy atom. The molecule has 0 saturated carbocycles. The zero-order valence-corrected chi connectivity index (χ0v) is 17.3. The fourth-order valence-electron chi connectivity index (χ4n) is 3.79. The summed E-state index contributed by atoms with van der Waals surface area (Å²) < 4.78 is 6.78. The molecule has 0 spiro atoms. The lowest BCUT2D eigenvalue weighted by Gasteiger charge is -2.25. The predicted molar refractivity (Wildman–Crippen MR) is 117 cm³/mol. The second-order valence-electron chi connectivity index (χ2n) is 6.78. The van der Waals surface area contributed by atoms with Gasteiger partial charge in [-0.2, -0.15) is 0 Å². The summed E-state index contributed by atoms with van der Waals surface area (Å²) in [7, 11) is 0. The summed E-state index contributed by atoms with van der Waals surface area (Å²) in [5, 5.41) is 0.798. The smallest absolute Gasteiger partial charge is 0.295 e. The van der Waals surface area contributed by atoms with Crippen LogP contribution in [-0.2, 0) is 0 Å². The maximum atomic E-state index is 13.5. The van der Waals surface area contributed by atoms with Gasteiger partial charge in [0, 0.05) is 15.2 Å². The van der Waals surface area contributed by atoms with Gasteiger partial charge in [0.2, 0.25) is 5.76 Å². The number of benzene rings is 3. The number of carbonyl (C=O) groups excluding carboxylic acids is 1. The number of hydrogen-bond acceptors (Lipinski definition) is 3. The van der Waals surface area contributed by atoms with E-state index < -0.39 is 6.04 Å². The molecule has 2 heterocycles. The highest BCUT2D eigenvalue weighted by atomic mass is 79.9. The van der Waals surface area contributed by atoms with Crippen LogP contribution in [-0.4, -0.2) is 5.91 Å². The van der Waals surface area contributed by atoms with E-state index in [1.54, 1.807) is 23.1 Å². The van der Waals surface area contributed by atoms with E-state index >= 15 is 0 Å². The number of rotatable bonds is 2. The van der Waals surface area contributed by atoms with Gasteiger partial charge in [-0.25, -0.2) is 0 Å². The zero-order valence-electron chi connectivity index (χ0n) is 14.9. The molecule has 1 aliphatic rings. The van der Waals surface area contributed by atoms with Gasteiger partial charge in [-0.3, -0.25) is 14.5 Å². The van der Waals surface area contributed by atoms with E-state index in [1.165, 1.54) is 0 Å². The Morgan fingerprint density at radius 1 is 0.931 bits per heavy atom. The fraction of sp³-hybridized carbons (Fsp3) is 0.0435. The maximum absolute atomic E-state index is 13.5. The van der Waals surface area contributed by atoms with Gasteiger partial charge in [-0.15, -0.1) is 0 Å². The van der Waals surface area contributed by atoms with Crippen LogP contribution in [0.25, 0.3) is 11.0 Å². The van der Waals surface area contributed by atoms with E-state index in [0.29, 0.717) is 27.2 Å². The Bertz CT molecular complexity index is 1330. The summed E-state index contributed by atoms with van der Waals surface area (Å²) in [5.41, 5.74) is 1.92. The Morgan fingerprint density at radius 3 is 2.48 bits per heavy atom. The molecule has 5 rings (SSSR count). The van der Waals surface area contributed by atoms with E-state index in [1.807, 2.05) is 54.6 Å². The molecular formula is C23H13BrClNO3. The zero-order chi connectivity index (χ0) is 20.1. The Hall–Kier alpha value is -2.89. The van der Waals surface area contributed by atoms with Crippen molar-refractivity contribution in [3.05, 3.63) is 109 Å². The van der Waals surface area contributed by atoms with Crippen molar-refractivity contribution < 1.29 is 9.21 Å². The molecule has 1 amide bonds. The molecule has 0 radical (unpaired) electrons. The molecule has 29 heavy (non-hydrogen) atoms. The molecule has 3 aromatic carbocycles. The standard InChI is InChI=1S/C23H13BrClNO3/c24-14-6-4-5-13(11-14)20-19-21(27)17-12-15(25)9-10-18(17)29-22(19)23(28)26(20)16-7-2-1-3-8-16/h1-12,20H. The second-order valence-corrected chi connectivity index (χ2v) is 8.13. The molecule has 1 unspecified atom stereocenters. The Kier molecular flexibility index (Phi) is 4.30. The van der Waals surface area contributed by atoms with Crippen molar-refractivity contribution in [1.29, 1.82) is 0 Å². The number of hydrogen-bond donors (Lipinski definition) is 0. The quantitative estimate of drug-likeness (QED) is 0.366. The highest BCUT2D eigenvalue weighted by molar-refractivity contribution is 9.10. The summed E-state index contributed by atoms with van der Waals surface area (Å²) in [4.78, 5) is 28.4. The molecule has 1 atom stereocenters. The van der Waals surface area contributed by atoms with E-state index in [-0.39, 0.29) is 17.1 Å². The fourth-order valence-corrected chi connectivity index (χ4v) is 4.38. The molecule has 0 fully saturated rings. The first-order valence-corrected chi connectivity index (χ1v) is 10.1. The van der Waals surface area contributed by atoms with Crippen molar-refractivity contribution >= 4 is 50.1 Å². The van der Waals surface area contributed by atoms with Crippen molar-refractivity contribution in [2.24, 2.45) is 0 Å². The van der Waals surface area contributed by atoms with E-state index in [9.17, 15) is 9.59 Å². The molecular weight excluding hydrogens is 454 g/mol. The third-order valence-electron chi connectivity index (χ3n) is 5.03. The number of anilines is 1. The lowest BCUT2D eigenvalue weighted by molar-refractivity contribution is 0.0971. The molecule has 6 heteroatoms. The van der Waals surface area contributed by atoms with Crippen LogP contribution in [0.3, 0.4) is 0 Å². The average Bonchev–Trinajstić information content (AvgIpc) is 3.02. The largest absolute Gasteiger partial charge is 0.450 e. The van der Waals surface area contributed by atoms with Crippen LogP contribution in [0, 0.1) is 0 Å². The SMILES string of the molecule is O=C1c2oc3ccc(Cl)cc3c(=O)c2C(c2cccc(Br)c2)N1c1ccccc1. The molecule has 142 valence electrons. The first-order valence-electron chi connectivity index (χ1n) is 8.95. The van der Waals surface area contributed by atoms with E-state index in [2.05, 4.69) is 15.9 Å². The summed E-state index contributed by atoms with van der Waals surface area (Å²) in [5.74, 6) is -0.274. The van der Waals surface area contributed by atoms with Crippen LogP contribution >= 0.6 is 27.5 Å². The lowest BCUT2D eigenvalue weighted by atomic mass is 9.98. The molecule has 0 N–H and O–H groups in total. The lowest BCUT2D eigenvalue weighted by Crippen LogP contribution is -2.29. The minimum Gasteiger partial charge on any atom is -0.450 e. The van der Waals surface area contributed by atoms with Gasteiger partial charge in [-0.1, -0.05) is 57.9 Å². The molecule has 1 aromatic heterocycles. The minimum atomic E-state index is -0.600. The van der Waals surface area contributed by atoms with Crippen LogP contribution < -0.4 is 10.3 Å². The third-order valence-corrected chi connectivity index (χ3v) is 5.76. The summed E-state index contributed by atoms with van der Waals surface area (Å²) in [6, 6.07) is 21.1. The summed E-state index contributed by atoms with van der Waals surface area (Å²) in [6.07, 6.45) is 0. The number of carbonyl (C=O) groups is 1. The Labute approximate surface area is 179 Å². The van der Waals surface area contributed by atoms with Gasteiger partial charge in [-0.05, 0) is 48.0 Å². The Balaban J connectivity index is 1.84. The summed E-state index contributed by atoms with van der Waals surface area (Å²) >= 11 is 9.59. The van der Waals surface area contributed by atoms with Gasteiger partial charge in [0.05, 0.1) is 17.0 Å². The minimum absolute atomic E-state index is 0.0682. The van der Waals surface area contributed by atoms with Gasteiger partial charge in [0.25, 0.3) is 5.91 Å². The van der Waals surface area contributed by atoms with Gasteiger partial charge in [0.1, 0.15) is 5.58 Å². The van der Waals surface area contributed by atoms with Crippen LogP contribution in [0.5, 0.6) is 0 Å². The van der Waals surface area contributed by atoms with Crippen LogP contribution in [0.15, 0.2) is 86.5 Å². The highest BCUT2D eigenvalue weighted by Crippen LogP contribution is 2.41. The highest BCUT2D eigenvalue weighted by Gasteiger charge is 2.43. The number of para-hydroxylation sites is 1. The van der Waals surface area contributed by atoms with Crippen LogP contribution in [0.4, 0.5) is 5.69 Å². The third kappa shape index (κ3) is 2.89. The van der Waals surface area contributed by atoms with Crippen molar-refractivity contribution in [2.75, 3.05) is 4.90 Å². The van der Waals surface area contributed by atoms with Crippen molar-refractivity contribution in [3.63, 3.8) is 0 Å².